The summed E-state index contributed by atoms with van der Waals surface area (Å²) in [6.07, 6.45) is -6.41. The van der Waals surface area contributed by atoms with Gasteiger partial charge in [0.1, 0.15) is 11.7 Å². The number of aryl methyl sites for hydroxylation is 3. The summed E-state index contributed by atoms with van der Waals surface area (Å²) in [6, 6.07) is 8.27. The summed E-state index contributed by atoms with van der Waals surface area (Å²) >= 11 is 0. The number of ketones is 1. The second-order valence-corrected chi connectivity index (χ2v) is 7.54. The topological polar surface area (TPSA) is 83.8 Å². The van der Waals surface area contributed by atoms with Crippen molar-refractivity contribution >= 4 is 11.8 Å². The quantitative estimate of drug-likeness (QED) is 0.560. The van der Waals surface area contributed by atoms with Crippen LogP contribution in [-0.2, 0) is 15.8 Å². The number of hydrogen-bond acceptors (Lipinski definition) is 4. The van der Waals surface area contributed by atoms with Crippen LogP contribution in [0.2, 0.25) is 0 Å². The van der Waals surface area contributed by atoms with Crippen LogP contribution in [0.4, 0.5) is 13.2 Å². The Morgan fingerprint density at radius 1 is 1.06 bits per heavy atom. The van der Waals surface area contributed by atoms with E-state index in [1.807, 2.05) is 6.92 Å². The van der Waals surface area contributed by atoms with E-state index in [9.17, 15) is 33.0 Å². The number of aliphatic carboxylic acids is 1. The smallest absolute Gasteiger partial charge is 0.419 e. The van der Waals surface area contributed by atoms with Gasteiger partial charge >= 0.3 is 12.1 Å². The number of para-hydroxylation sites is 1. The highest BCUT2D eigenvalue weighted by Gasteiger charge is 2.34. The third-order valence-electron chi connectivity index (χ3n) is 4.93. The molecule has 168 valence electrons. The first-order valence-electron chi connectivity index (χ1n) is 9.72. The maximum Gasteiger partial charge on any atom is 0.419 e. The van der Waals surface area contributed by atoms with Gasteiger partial charge in [-0.05, 0) is 49.6 Å². The van der Waals surface area contributed by atoms with Crippen LogP contribution in [0, 0.1) is 20.8 Å². The van der Waals surface area contributed by atoms with E-state index in [-0.39, 0.29) is 18.8 Å². The van der Waals surface area contributed by atoms with Crippen LogP contribution in [0.5, 0.6) is 5.75 Å². The Hall–Kier alpha value is -2.87. The van der Waals surface area contributed by atoms with E-state index in [1.54, 1.807) is 26.0 Å². The molecule has 2 N–H and O–H groups in total. The van der Waals surface area contributed by atoms with Crippen molar-refractivity contribution in [2.75, 3.05) is 6.61 Å². The summed E-state index contributed by atoms with van der Waals surface area (Å²) in [6.45, 7) is 5.05. The molecule has 0 heterocycles. The van der Waals surface area contributed by atoms with Gasteiger partial charge in [0.25, 0.3) is 0 Å². The highest BCUT2D eigenvalue weighted by atomic mass is 19.4. The number of carbonyl (C=O) groups excluding carboxylic acids is 1. The number of ether oxygens (including phenoxy) is 1. The molecule has 8 heteroatoms. The molecule has 2 aromatic carbocycles. The van der Waals surface area contributed by atoms with Crippen molar-refractivity contribution in [1.29, 1.82) is 0 Å². The summed E-state index contributed by atoms with van der Waals surface area (Å²) in [5.74, 6) is -3.79. The van der Waals surface area contributed by atoms with Gasteiger partial charge in [0, 0.05) is 12.8 Å². The molecule has 0 saturated heterocycles. The molecule has 31 heavy (non-hydrogen) atoms. The maximum absolute atomic E-state index is 13.0. The van der Waals surface area contributed by atoms with Crippen LogP contribution in [0.15, 0.2) is 36.4 Å². The Morgan fingerprint density at radius 2 is 1.65 bits per heavy atom. The molecular formula is C23H25F3O5. The molecule has 0 spiro atoms. The lowest BCUT2D eigenvalue weighted by molar-refractivity contribution is -0.143. The molecule has 0 amide bonds. The van der Waals surface area contributed by atoms with Crippen LogP contribution in [0.3, 0.4) is 0 Å². The van der Waals surface area contributed by atoms with Crippen LogP contribution in [0.25, 0.3) is 0 Å². The van der Waals surface area contributed by atoms with Gasteiger partial charge in [-0.2, -0.15) is 13.2 Å². The molecular weight excluding hydrogens is 413 g/mol. The lowest BCUT2D eigenvalue weighted by Gasteiger charge is -2.20. The molecule has 0 aliphatic carbocycles. The molecule has 0 radical (unpaired) electrons. The van der Waals surface area contributed by atoms with E-state index in [0.717, 1.165) is 11.6 Å². The monoisotopic (exact) mass is 438 g/mol. The molecule has 0 fully saturated rings. The fourth-order valence-corrected chi connectivity index (χ4v) is 3.65. The summed E-state index contributed by atoms with van der Waals surface area (Å²) in [4.78, 5) is 24.5. The first kappa shape index (κ1) is 24.4. The van der Waals surface area contributed by atoms with Gasteiger partial charge in [0.05, 0.1) is 18.3 Å². The maximum atomic E-state index is 13.0. The fraction of sp³-hybridized carbons (Fsp3) is 0.391. The van der Waals surface area contributed by atoms with Crippen LogP contribution < -0.4 is 4.74 Å². The zero-order valence-electron chi connectivity index (χ0n) is 17.5. The Morgan fingerprint density at radius 3 is 2.19 bits per heavy atom. The molecule has 2 rings (SSSR count). The third kappa shape index (κ3) is 6.30. The molecule has 2 unspecified atom stereocenters. The van der Waals surface area contributed by atoms with Crippen molar-refractivity contribution in [3.8, 4) is 5.75 Å². The number of aliphatic hydroxyl groups is 1. The van der Waals surface area contributed by atoms with E-state index in [1.165, 1.54) is 18.2 Å². The molecule has 5 nitrogen and oxygen atoms in total. The normalized spacial score (nSPS) is 13.5. The Balaban J connectivity index is 2.04. The largest absolute Gasteiger partial charge is 0.493 e. The van der Waals surface area contributed by atoms with Gasteiger partial charge in [-0.1, -0.05) is 29.8 Å². The second kappa shape index (κ2) is 9.96. The van der Waals surface area contributed by atoms with Crippen molar-refractivity contribution in [2.24, 2.45) is 0 Å². The summed E-state index contributed by atoms with van der Waals surface area (Å²) in [5.41, 5.74) is 1.73. The van der Waals surface area contributed by atoms with Gasteiger partial charge in [0.15, 0.2) is 5.78 Å². The standard InChI is InChI=1S/C23H25F3O5/c1-13-10-14(2)20(15(3)11-13)21(22(29)30)18(28)12-16(27)8-9-31-19-7-5-4-6-17(19)23(24,25)26/h4-7,10-11,16,21,27H,8-9,12H2,1-3H3,(H,29,30). The van der Waals surface area contributed by atoms with Gasteiger partial charge in [-0.25, -0.2) is 0 Å². The minimum absolute atomic E-state index is 0.129. The van der Waals surface area contributed by atoms with Gasteiger partial charge < -0.3 is 14.9 Å². The number of carbonyl (C=O) groups is 2. The first-order valence-corrected chi connectivity index (χ1v) is 9.72. The van der Waals surface area contributed by atoms with Crippen molar-refractivity contribution in [3.63, 3.8) is 0 Å². The number of carboxylic acids is 1. The van der Waals surface area contributed by atoms with Crippen molar-refractivity contribution in [3.05, 3.63) is 64.2 Å². The van der Waals surface area contributed by atoms with Crippen molar-refractivity contribution in [2.45, 2.75) is 51.8 Å². The number of carboxylic acid groups (broad SMARTS) is 1. The molecule has 2 aromatic rings. The van der Waals surface area contributed by atoms with E-state index in [2.05, 4.69) is 0 Å². The number of halogens is 3. The average Bonchev–Trinajstić information content (AvgIpc) is 2.63. The molecule has 2 atom stereocenters. The summed E-state index contributed by atoms with van der Waals surface area (Å²) in [7, 11) is 0. The molecule has 0 aliphatic heterocycles. The third-order valence-corrected chi connectivity index (χ3v) is 4.93. The van der Waals surface area contributed by atoms with Gasteiger partial charge in [-0.3, -0.25) is 9.59 Å². The highest BCUT2D eigenvalue weighted by molar-refractivity contribution is 6.04. The number of hydrogen-bond donors (Lipinski definition) is 2. The average molecular weight is 438 g/mol. The summed E-state index contributed by atoms with van der Waals surface area (Å²) < 4.78 is 44.1. The van der Waals surface area contributed by atoms with Gasteiger partial charge in [-0.15, -0.1) is 0 Å². The predicted molar refractivity (Wildman–Crippen MR) is 108 cm³/mol. The van der Waals surface area contributed by atoms with Crippen molar-refractivity contribution in [1.82, 2.24) is 0 Å². The van der Waals surface area contributed by atoms with Crippen molar-refractivity contribution < 1.29 is 37.7 Å². The molecule has 0 aliphatic rings. The van der Waals surface area contributed by atoms with Crippen LogP contribution in [0.1, 0.15) is 46.6 Å². The van der Waals surface area contributed by atoms with Gasteiger partial charge in [0.2, 0.25) is 0 Å². The fourth-order valence-electron chi connectivity index (χ4n) is 3.65. The minimum Gasteiger partial charge on any atom is -0.493 e. The second-order valence-electron chi connectivity index (χ2n) is 7.54. The number of Topliss-reactive ketones (excluding diaryl/α,β-unsaturated/α-hetero) is 1. The molecule has 0 bridgehead atoms. The zero-order chi connectivity index (χ0) is 23.3. The number of benzene rings is 2. The number of rotatable bonds is 9. The summed E-state index contributed by atoms with van der Waals surface area (Å²) in [5, 5.41) is 19.8. The predicted octanol–water partition coefficient (Wildman–Crippen LogP) is 4.59. The lowest BCUT2D eigenvalue weighted by atomic mass is 9.85. The highest BCUT2D eigenvalue weighted by Crippen LogP contribution is 2.36. The Labute approximate surface area is 178 Å². The lowest BCUT2D eigenvalue weighted by Crippen LogP contribution is -2.27. The van der Waals surface area contributed by atoms with E-state index in [0.29, 0.717) is 16.7 Å². The molecule has 0 aromatic heterocycles. The zero-order valence-corrected chi connectivity index (χ0v) is 17.5. The number of alkyl halides is 3. The number of aliphatic hydroxyl groups excluding tert-OH is 1. The Bertz CT molecular complexity index is 929. The molecule has 0 saturated carbocycles. The van der Waals surface area contributed by atoms with Crippen LogP contribution >= 0.6 is 0 Å². The van der Waals surface area contributed by atoms with E-state index >= 15 is 0 Å². The first-order chi connectivity index (χ1) is 14.4. The SMILES string of the molecule is Cc1cc(C)c(C(C(=O)O)C(=O)CC(O)CCOc2ccccc2C(F)(F)F)c(C)c1. The minimum atomic E-state index is -4.58. The van der Waals surface area contributed by atoms with E-state index in [4.69, 9.17) is 4.74 Å². The van der Waals surface area contributed by atoms with Crippen LogP contribution in [-0.4, -0.2) is 34.7 Å². The van der Waals surface area contributed by atoms with E-state index < -0.39 is 41.9 Å². The Kier molecular flexibility index (Phi) is 7.84.